The molecule has 1 aromatic carbocycles. The normalized spacial score (nSPS) is 18.9. The molecule has 0 fully saturated rings. The molecule has 3 aromatic rings. The van der Waals surface area contributed by atoms with Crippen molar-refractivity contribution in [2.75, 3.05) is 23.4 Å². The summed E-state index contributed by atoms with van der Waals surface area (Å²) >= 11 is 5.94. The van der Waals surface area contributed by atoms with Gasteiger partial charge >= 0.3 is 6.18 Å². The summed E-state index contributed by atoms with van der Waals surface area (Å²) in [5.74, 6) is -5.94. The smallest absolute Gasteiger partial charge is 0.393 e. The number of aliphatic hydroxyl groups is 2. The van der Waals surface area contributed by atoms with Crippen LogP contribution in [0.15, 0.2) is 54.9 Å². The van der Waals surface area contributed by atoms with E-state index in [9.17, 15) is 41.8 Å². The van der Waals surface area contributed by atoms with Crippen LogP contribution in [0, 0.1) is 0 Å². The minimum Gasteiger partial charge on any atom is -0.393 e. The van der Waals surface area contributed by atoms with Gasteiger partial charge in [0.1, 0.15) is 5.82 Å². The first kappa shape index (κ1) is 27.4. The number of rotatable bonds is 4. The number of aromatic nitrogens is 2. The molecule has 3 N–H and O–H groups in total. The molecule has 1 aliphatic heterocycles. The third-order valence-corrected chi connectivity index (χ3v) is 6.23. The predicted octanol–water partition coefficient (Wildman–Crippen LogP) is 4.27. The molecule has 0 saturated carbocycles. The Labute approximate surface area is 216 Å². The lowest BCUT2D eigenvalue weighted by atomic mass is 9.86. The molecule has 4 rings (SSSR count). The first-order chi connectivity index (χ1) is 17.8. The minimum absolute atomic E-state index is 0.00946. The van der Waals surface area contributed by atoms with Gasteiger partial charge in [0.15, 0.2) is 11.3 Å². The van der Waals surface area contributed by atoms with Gasteiger partial charge < -0.3 is 20.4 Å². The molecule has 2 aromatic heterocycles. The number of halogens is 6. The van der Waals surface area contributed by atoms with E-state index in [1.165, 1.54) is 18.2 Å². The molecule has 0 spiro atoms. The topological polar surface area (TPSA) is 116 Å². The maximum atomic E-state index is 14.9. The third-order valence-electron chi connectivity index (χ3n) is 6.00. The Hall–Kier alpha value is -3.68. The highest BCUT2D eigenvalue weighted by atomic mass is 35.5. The molecule has 0 unspecified atom stereocenters. The molecular weight excluding hydrogens is 539 g/mol. The van der Waals surface area contributed by atoms with Crippen molar-refractivity contribution in [3.63, 3.8) is 0 Å². The molecule has 0 radical (unpaired) electrons. The predicted molar refractivity (Wildman–Crippen MR) is 125 cm³/mol. The molecule has 0 aliphatic carbocycles. The number of alkyl halides is 5. The summed E-state index contributed by atoms with van der Waals surface area (Å²) in [5, 5.41) is 22.5. The number of carbonyl (C=O) groups excluding carboxylic acids is 2. The van der Waals surface area contributed by atoms with E-state index in [0.717, 1.165) is 41.6 Å². The van der Waals surface area contributed by atoms with Gasteiger partial charge in [-0.1, -0.05) is 11.6 Å². The summed E-state index contributed by atoms with van der Waals surface area (Å²) in [7, 11) is 0. The van der Waals surface area contributed by atoms with Crippen molar-refractivity contribution in [2.45, 2.75) is 24.1 Å². The monoisotopic (exact) mass is 556 g/mol. The van der Waals surface area contributed by atoms with Crippen LogP contribution >= 0.6 is 11.6 Å². The van der Waals surface area contributed by atoms with Crippen molar-refractivity contribution >= 4 is 34.9 Å². The number of hydrogen-bond donors (Lipinski definition) is 3. The van der Waals surface area contributed by atoms with E-state index < -0.39 is 65.9 Å². The van der Waals surface area contributed by atoms with Crippen LogP contribution in [0.3, 0.4) is 0 Å². The second-order valence-electron chi connectivity index (χ2n) is 8.37. The van der Waals surface area contributed by atoms with Crippen LogP contribution in [0.25, 0.3) is 0 Å². The maximum Gasteiger partial charge on any atom is 0.434 e. The van der Waals surface area contributed by atoms with Crippen LogP contribution in [0.2, 0.25) is 5.02 Å². The van der Waals surface area contributed by atoms with Gasteiger partial charge in [-0.05, 0) is 42.5 Å². The SMILES string of the molecule is O=C(Nc1ccc(C(=O)N2CCC(F)(F)[C@](O)(CO)c3cc(Cl)ccc32)cn1)c1cccnc1C(F)(F)F. The first-order valence-electron chi connectivity index (χ1n) is 10.9. The maximum absolute atomic E-state index is 14.9. The quantitative estimate of drug-likeness (QED) is 0.414. The van der Waals surface area contributed by atoms with Crippen LogP contribution in [-0.4, -0.2) is 51.1 Å². The first-order valence-corrected chi connectivity index (χ1v) is 11.3. The highest BCUT2D eigenvalue weighted by Crippen LogP contribution is 2.47. The van der Waals surface area contributed by atoms with Gasteiger partial charge in [0, 0.05) is 35.9 Å². The van der Waals surface area contributed by atoms with E-state index in [-0.39, 0.29) is 22.1 Å². The van der Waals surface area contributed by atoms with Crippen LogP contribution in [0.4, 0.5) is 33.5 Å². The van der Waals surface area contributed by atoms with Gasteiger partial charge in [-0.15, -0.1) is 0 Å². The minimum atomic E-state index is -4.87. The highest BCUT2D eigenvalue weighted by molar-refractivity contribution is 6.30. The fourth-order valence-corrected chi connectivity index (χ4v) is 4.18. The van der Waals surface area contributed by atoms with Crippen molar-refractivity contribution in [1.29, 1.82) is 0 Å². The number of pyridine rings is 2. The van der Waals surface area contributed by atoms with Crippen LogP contribution in [-0.2, 0) is 11.8 Å². The van der Waals surface area contributed by atoms with E-state index in [0.29, 0.717) is 0 Å². The van der Waals surface area contributed by atoms with Crippen LogP contribution < -0.4 is 10.2 Å². The number of fused-ring (bicyclic) bond motifs is 1. The van der Waals surface area contributed by atoms with Crippen molar-refractivity contribution in [1.82, 2.24) is 9.97 Å². The second kappa shape index (κ2) is 9.89. The Balaban J connectivity index is 1.61. The number of aliphatic hydroxyl groups excluding tert-OH is 1. The Morgan fingerprint density at radius 2 is 1.87 bits per heavy atom. The lowest BCUT2D eigenvalue weighted by molar-refractivity contribution is -0.205. The van der Waals surface area contributed by atoms with Crippen molar-refractivity contribution in [3.8, 4) is 0 Å². The number of amides is 2. The molecule has 14 heteroatoms. The number of hydrogen-bond acceptors (Lipinski definition) is 6. The van der Waals surface area contributed by atoms with Gasteiger partial charge in [0.2, 0.25) is 0 Å². The number of benzene rings is 1. The lowest BCUT2D eigenvalue weighted by Crippen LogP contribution is -2.48. The van der Waals surface area contributed by atoms with Gasteiger partial charge in [0.25, 0.3) is 17.7 Å². The molecule has 0 bridgehead atoms. The Kier molecular flexibility index (Phi) is 7.12. The van der Waals surface area contributed by atoms with Crippen molar-refractivity contribution in [2.24, 2.45) is 0 Å². The molecule has 0 saturated heterocycles. The largest absolute Gasteiger partial charge is 0.434 e. The van der Waals surface area contributed by atoms with Gasteiger partial charge in [-0.2, -0.15) is 13.2 Å². The zero-order valence-corrected chi connectivity index (χ0v) is 19.9. The number of nitrogens with zero attached hydrogens (tertiary/aromatic N) is 3. The molecule has 2 amide bonds. The fraction of sp³-hybridized carbons (Fsp3) is 0.250. The molecule has 38 heavy (non-hydrogen) atoms. The van der Waals surface area contributed by atoms with Gasteiger partial charge in [-0.25, -0.2) is 13.8 Å². The van der Waals surface area contributed by atoms with E-state index >= 15 is 0 Å². The summed E-state index contributed by atoms with van der Waals surface area (Å²) in [4.78, 5) is 33.7. The number of carbonyl (C=O) groups is 2. The van der Waals surface area contributed by atoms with Crippen LogP contribution in [0.5, 0.6) is 0 Å². The summed E-state index contributed by atoms with van der Waals surface area (Å²) in [6.07, 6.45) is -3.96. The van der Waals surface area contributed by atoms with Crippen molar-refractivity contribution < 1.29 is 41.8 Å². The Morgan fingerprint density at radius 1 is 1.13 bits per heavy atom. The molecule has 3 heterocycles. The summed E-state index contributed by atoms with van der Waals surface area (Å²) in [6, 6.07) is 8.06. The number of nitrogens with one attached hydrogen (secondary N) is 1. The summed E-state index contributed by atoms with van der Waals surface area (Å²) in [5.41, 5.74) is -5.79. The average molecular weight is 557 g/mol. The second-order valence-corrected chi connectivity index (χ2v) is 8.81. The summed E-state index contributed by atoms with van der Waals surface area (Å²) in [6.45, 7) is -1.87. The zero-order valence-electron chi connectivity index (χ0n) is 19.1. The molecule has 1 atom stereocenters. The van der Waals surface area contributed by atoms with E-state index in [4.69, 9.17) is 11.6 Å². The lowest BCUT2D eigenvalue weighted by Gasteiger charge is -2.33. The Morgan fingerprint density at radius 3 is 2.50 bits per heavy atom. The fourth-order valence-electron chi connectivity index (χ4n) is 4.01. The van der Waals surface area contributed by atoms with E-state index in [1.807, 2.05) is 0 Å². The van der Waals surface area contributed by atoms with Crippen LogP contribution in [0.1, 0.15) is 38.4 Å². The molecular formula is C24H18ClF5N4O4. The third kappa shape index (κ3) is 4.91. The molecule has 1 aliphatic rings. The number of anilines is 2. The van der Waals surface area contributed by atoms with E-state index in [1.54, 1.807) is 0 Å². The van der Waals surface area contributed by atoms with Gasteiger partial charge in [-0.3, -0.25) is 14.6 Å². The highest BCUT2D eigenvalue weighted by Gasteiger charge is 2.56. The average Bonchev–Trinajstić information content (AvgIpc) is 2.96. The summed E-state index contributed by atoms with van der Waals surface area (Å²) < 4.78 is 69.2. The van der Waals surface area contributed by atoms with E-state index in [2.05, 4.69) is 15.3 Å². The molecule has 8 nitrogen and oxygen atoms in total. The Bertz CT molecular complexity index is 1390. The van der Waals surface area contributed by atoms with Crippen molar-refractivity contribution in [3.05, 3.63) is 82.3 Å². The molecule has 200 valence electrons. The van der Waals surface area contributed by atoms with Gasteiger partial charge in [0.05, 0.1) is 23.4 Å². The zero-order chi connectivity index (χ0) is 27.9. The standard InChI is InChI=1S/C24H18ClF5N4O4/c25-14-4-5-17-16(10-14)22(38,12-35)23(26,27)7-9-34(17)21(37)13-3-6-18(32-11-13)33-20(36)15-2-1-8-31-19(15)24(28,29)30/h1-6,8,10-11,35,38H,7,9,12H2,(H,32,33,36)/t22-/m0/s1.